The molecule has 6 nitrogen and oxygen atoms in total. The molecule has 0 aliphatic heterocycles. The number of aromatic hydroxyl groups is 1. The molecule has 2 aromatic rings. The van der Waals surface area contributed by atoms with Crippen molar-refractivity contribution in [3.8, 4) is 10.8 Å². The number of carbonyl (C=O) groups is 1. The first-order valence-corrected chi connectivity index (χ1v) is 5.29. The maximum Gasteiger partial charge on any atom is 0.352 e. The molecule has 0 saturated carbocycles. The van der Waals surface area contributed by atoms with Gasteiger partial charge in [0.25, 0.3) is 0 Å². The van der Waals surface area contributed by atoms with Crippen molar-refractivity contribution in [2.45, 2.75) is 0 Å². The monoisotopic (exact) mass is 259 g/mol. The Bertz CT molecular complexity index is 523. The Kier molecular flexibility index (Phi) is 2.80. The van der Waals surface area contributed by atoms with Crippen molar-refractivity contribution >= 4 is 28.9 Å². The average Bonchev–Trinajstić information content (AvgIpc) is 2.89. The minimum absolute atomic E-state index is 0.0398. The molecule has 0 radical (unpaired) electrons. The molecule has 0 aromatic carbocycles. The Morgan fingerprint density at radius 1 is 1.69 bits per heavy atom. The summed E-state index contributed by atoms with van der Waals surface area (Å²) in [7, 11) is 1.23. The normalized spacial score (nSPS) is 10.4. The van der Waals surface area contributed by atoms with E-state index in [4.69, 9.17) is 11.6 Å². The van der Waals surface area contributed by atoms with Gasteiger partial charge in [0.05, 0.1) is 7.11 Å². The highest BCUT2D eigenvalue weighted by atomic mass is 35.5. The zero-order valence-electron chi connectivity index (χ0n) is 8.05. The highest BCUT2D eigenvalue weighted by molar-refractivity contribution is 7.17. The van der Waals surface area contributed by atoms with E-state index in [1.165, 1.54) is 24.4 Å². The molecule has 0 atom stereocenters. The number of rotatable bonds is 2. The highest BCUT2D eigenvalue weighted by Gasteiger charge is 2.23. The van der Waals surface area contributed by atoms with Crippen molar-refractivity contribution in [2.24, 2.45) is 0 Å². The maximum atomic E-state index is 11.3. The van der Waals surface area contributed by atoms with Crippen LogP contribution in [0.1, 0.15) is 9.67 Å². The van der Waals surface area contributed by atoms with Crippen LogP contribution in [0.2, 0.25) is 5.02 Å². The summed E-state index contributed by atoms with van der Waals surface area (Å²) in [6.45, 7) is 0. The number of ether oxygens (including phenoxy) is 1. The molecule has 1 N–H and O–H groups in total. The summed E-state index contributed by atoms with van der Waals surface area (Å²) in [5.74, 6) is -0.945. The number of esters is 1. The van der Waals surface area contributed by atoms with Gasteiger partial charge >= 0.3 is 5.97 Å². The average molecular weight is 260 g/mol. The summed E-state index contributed by atoms with van der Waals surface area (Å²) in [4.78, 5) is 15.1. The van der Waals surface area contributed by atoms with E-state index in [2.05, 4.69) is 14.8 Å². The number of methoxy groups -OCH3 is 1. The van der Waals surface area contributed by atoms with E-state index in [9.17, 15) is 9.90 Å². The van der Waals surface area contributed by atoms with E-state index in [0.29, 0.717) is 5.00 Å². The SMILES string of the molecule is COC(=O)c1sc(-n2cncn2)c(Cl)c1O. The second-order valence-electron chi connectivity index (χ2n) is 2.73. The molecule has 2 aromatic heterocycles. The van der Waals surface area contributed by atoms with Crippen LogP contribution in [0.15, 0.2) is 12.7 Å². The molecule has 0 bridgehead atoms. The van der Waals surface area contributed by atoms with Gasteiger partial charge in [0, 0.05) is 0 Å². The lowest BCUT2D eigenvalue weighted by Crippen LogP contribution is -1.97. The van der Waals surface area contributed by atoms with Gasteiger partial charge in [-0.15, -0.1) is 11.3 Å². The lowest BCUT2D eigenvalue weighted by atomic mass is 10.4. The number of aromatic nitrogens is 3. The molecule has 84 valence electrons. The predicted octanol–water partition coefficient (Wildman–Crippen LogP) is 1.47. The third kappa shape index (κ3) is 1.63. The van der Waals surface area contributed by atoms with Gasteiger partial charge in [-0.2, -0.15) is 5.10 Å². The molecule has 0 aliphatic carbocycles. The van der Waals surface area contributed by atoms with Gasteiger partial charge in [-0.3, -0.25) is 0 Å². The van der Waals surface area contributed by atoms with Gasteiger partial charge in [-0.05, 0) is 0 Å². The van der Waals surface area contributed by atoms with E-state index in [1.54, 1.807) is 0 Å². The second kappa shape index (κ2) is 4.11. The highest BCUT2D eigenvalue weighted by Crippen LogP contribution is 2.40. The molecule has 0 aliphatic rings. The van der Waals surface area contributed by atoms with Crippen LogP contribution in [0.25, 0.3) is 5.00 Å². The van der Waals surface area contributed by atoms with E-state index < -0.39 is 5.97 Å². The molecular formula is C8H6ClN3O3S. The maximum absolute atomic E-state index is 11.3. The third-order valence-electron chi connectivity index (χ3n) is 1.81. The van der Waals surface area contributed by atoms with Gasteiger partial charge in [-0.25, -0.2) is 14.5 Å². The lowest BCUT2D eigenvalue weighted by Gasteiger charge is -1.94. The molecule has 8 heteroatoms. The fourth-order valence-corrected chi connectivity index (χ4v) is 2.37. The summed E-state index contributed by atoms with van der Waals surface area (Å²) in [6.07, 6.45) is 2.74. The van der Waals surface area contributed by atoms with Gasteiger partial charge < -0.3 is 9.84 Å². The number of nitrogens with zero attached hydrogens (tertiary/aromatic N) is 3. The largest absolute Gasteiger partial charge is 0.505 e. The van der Waals surface area contributed by atoms with Crippen LogP contribution in [0.5, 0.6) is 5.75 Å². The molecular weight excluding hydrogens is 254 g/mol. The zero-order valence-corrected chi connectivity index (χ0v) is 9.62. The number of thiophene rings is 1. The van der Waals surface area contributed by atoms with E-state index in [1.807, 2.05) is 0 Å². The number of carbonyl (C=O) groups excluding carboxylic acids is 1. The van der Waals surface area contributed by atoms with E-state index >= 15 is 0 Å². The quantitative estimate of drug-likeness (QED) is 0.827. The summed E-state index contributed by atoms with van der Waals surface area (Å²) < 4.78 is 5.87. The first-order valence-electron chi connectivity index (χ1n) is 4.09. The first kappa shape index (κ1) is 10.9. The lowest BCUT2D eigenvalue weighted by molar-refractivity contribution is 0.0603. The Morgan fingerprint density at radius 2 is 2.44 bits per heavy atom. The Hall–Kier alpha value is -1.60. The van der Waals surface area contributed by atoms with Gasteiger partial charge in [0.1, 0.15) is 22.7 Å². The van der Waals surface area contributed by atoms with E-state index in [0.717, 1.165) is 11.3 Å². The molecule has 2 rings (SSSR count). The van der Waals surface area contributed by atoms with Crippen LogP contribution in [0.4, 0.5) is 0 Å². The van der Waals surface area contributed by atoms with Crippen molar-refractivity contribution in [1.29, 1.82) is 0 Å². The number of hydrogen-bond donors (Lipinski definition) is 1. The van der Waals surface area contributed by atoms with Crippen LogP contribution >= 0.6 is 22.9 Å². The molecule has 16 heavy (non-hydrogen) atoms. The van der Waals surface area contributed by atoms with Crippen molar-refractivity contribution in [3.05, 3.63) is 22.6 Å². The minimum atomic E-state index is -0.643. The van der Waals surface area contributed by atoms with Crippen LogP contribution in [-0.4, -0.2) is 33.0 Å². The van der Waals surface area contributed by atoms with Crippen molar-refractivity contribution in [3.63, 3.8) is 0 Å². The molecule has 2 heterocycles. The van der Waals surface area contributed by atoms with Crippen molar-refractivity contribution < 1.29 is 14.6 Å². The van der Waals surface area contributed by atoms with E-state index in [-0.39, 0.29) is 15.6 Å². The number of halogens is 1. The van der Waals surface area contributed by atoms with Crippen LogP contribution in [-0.2, 0) is 4.74 Å². The van der Waals surface area contributed by atoms with Gasteiger partial charge in [0.2, 0.25) is 0 Å². The van der Waals surface area contributed by atoms with Crippen LogP contribution in [0, 0.1) is 0 Å². The van der Waals surface area contributed by atoms with Crippen LogP contribution in [0.3, 0.4) is 0 Å². The topological polar surface area (TPSA) is 77.2 Å². The molecule has 0 fully saturated rings. The molecule has 0 amide bonds. The van der Waals surface area contributed by atoms with Crippen molar-refractivity contribution in [2.75, 3.05) is 7.11 Å². The molecule has 0 unspecified atom stereocenters. The van der Waals surface area contributed by atoms with Crippen molar-refractivity contribution in [1.82, 2.24) is 14.8 Å². The summed E-state index contributed by atoms with van der Waals surface area (Å²) in [6, 6.07) is 0. The fraction of sp³-hybridized carbons (Fsp3) is 0.125. The molecule has 0 spiro atoms. The smallest absolute Gasteiger partial charge is 0.352 e. The summed E-state index contributed by atoms with van der Waals surface area (Å²) >= 11 is 6.85. The Labute approximate surface area is 99.1 Å². The Morgan fingerprint density at radius 3 is 3.00 bits per heavy atom. The standard InChI is InChI=1S/C8H6ClN3O3S/c1-15-8(14)6-5(13)4(9)7(16-6)12-3-10-2-11-12/h2-3,13H,1H3. The number of hydrogen-bond acceptors (Lipinski definition) is 6. The summed E-state index contributed by atoms with van der Waals surface area (Å²) in [5.41, 5.74) is 0. The fourth-order valence-electron chi connectivity index (χ4n) is 1.08. The summed E-state index contributed by atoms with van der Waals surface area (Å²) in [5, 5.41) is 14.0. The Balaban J connectivity index is 2.54. The van der Waals surface area contributed by atoms with Gasteiger partial charge in [-0.1, -0.05) is 11.6 Å². The van der Waals surface area contributed by atoms with Crippen LogP contribution < -0.4 is 0 Å². The molecule has 0 saturated heterocycles. The van der Waals surface area contributed by atoms with Gasteiger partial charge in [0.15, 0.2) is 10.6 Å². The first-order chi connectivity index (χ1) is 7.65. The zero-order chi connectivity index (χ0) is 11.7. The minimum Gasteiger partial charge on any atom is -0.505 e. The third-order valence-corrected chi connectivity index (χ3v) is 3.43. The second-order valence-corrected chi connectivity index (χ2v) is 4.11. The predicted molar refractivity (Wildman–Crippen MR) is 57.3 cm³/mol.